The van der Waals surface area contributed by atoms with E-state index >= 15 is 0 Å². The monoisotopic (exact) mass is 339 g/mol. The highest BCUT2D eigenvalue weighted by Gasteiger charge is 2.52. The maximum absolute atomic E-state index is 13.1. The van der Waals surface area contributed by atoms with Crippen LogP contribution in [-0.4, -0.2) is 41.8 Å². The van der Waals surface area contributed by atoms with Crippen LogP contribution in [0.5, 0.6) is 0 Å². The first-order valence-electron chi connectivity index (χ1n) is 7.42. The zero-order valence-corrected chi connectivity index (χ0v) is 12.2. The summed E-state index contributed by atoms with van der Waals surface area (Å²) in [4.78, 5) is 26.0. The van der Waals surface area contributed by atoms with Crippen molar-refractivity contribution >= 4 is 11.8 Å². The van der Waals surface area contributed by atoms with E-state index < -0.39 is 42.0 Å². The van der Waals surface area contributed by atoms with E-state index in [1.54, 1.807) is 12.1 Å². The Balaban J connectivity index is 1.77. The van der Waals surface area contributed by atoms with Crippen molar-refractivity contribution in [3.05, 3.63) is 47.2 Å². The van der Waals surface area contributed by atoms with E-state index in [0.717, 1.165) is 11.0 Å². The summed E-state index contributed by atoms with van der Waals surface area (Å²) < 4.78 is 49.3. The van der Waals surface area contributed by atoms with Gasteiger partial charge in [-0.2, -0.15) is 13.2 Å². The lowest BCUT2D eigenvalue weighted by Gasteiger charge is -2.36. The zero-order chi connectivity index (χ0) is 17.1. The molecule has 3 aliphatic rings. The number of ether oxygens (including phenoxy) is 2. The van der Waals surface area contributed by atoms with Crippen LogP contribution in [0, 0.1) is 5.92 Å². The number of hydrogen-bond acceptors (Lipinski definition) is 4. The molecule has 2 amide bonds. The third-order valence-corrected chi connectivity index (χ3v) is 4.49. The Bertz CT molecular complexity index is 723. The minimum Gasteiger partial charge on any atom is -0.460 e. The van der Waals surface area contributed by atoms with Gasteiger partial charge in [-0.05, 0) is 24.6 Å². The molecular weight excluding hydrogens is 327 g/mol. The Kier molecular flexibility index (Phi) is 3.21. The van der Waals surface area contributed by atoms with Crippen LogP contribution in [0.2, 0.25) is 0 Å². The molecule has 0 aromatic heterocycles. The molecule has 126 valence electrons. The Hall–Kier alpha value is -2.35. The molecule has 8 heteroatoms. The molecule has 4 rings (SSSR count). The zero-order valence-electron chi connectivity index (χ0n) is 12.2. The number of amides is 2. The molecule has 1 fully saturated rings. The van der Waals surface area contributed by atoms with E-state index in [9.17, 15) is 22.8 Å². The minimum atomic E-state index is -4.71. The van der Waals surface area contributed by atoms with Crippen molar-refractivity contribution in [1.29, 1.82) is 0 Å². The predicted molar refractivity (Wildman–Crippen MR) is 73.8 cm³/mol. The summed E-state index contributed by atoms with van der Waals surface area (Å²) in [5.74, 6) is -2.93. The molecule has 3 aliphatic heterocycles. The number of fused-ring (bicyclic) bond motifs is 2. The summed E-state index contributed by atoms with van der Waals surface area (Å²) in [6, 6.07) is 5.15. The van der Waals surface area contributed by atoms with Crippen LogP contribution < -0.4 is 0 Å². The van der Waals surface area contributed by atoms with Crippen molar-refractivity contribution in [3.63, 3.8) is 0 Å². The van der Waals surface area contributed by atoms with Crippen molar-refractivity contribution in [1.82, 2.24) is 4.90 Å². The number of nitrogens with zero attached hydrogens (tertiary/aromatic N) is 1. The van der Waals surface area contributed by atoms with Crippen LogP contribution in [0.3, 0.4) is 0 Å². The number of hydrogen-bond donors (Lipinski definition) is 0. The number of alkyl halides is 3. The molecule has 0 radical (unpaired) electrons. The SMILES string of the molecule is O=C1c2ccccc2C(=O)N1[C@H]1C=C(C(F)(F)F)O[C@H]2OCC[C@H]21. The molecular formula is C16H12F3NO4. The number of halogens is 3. The molecule has 1 saturated heterocycles. The summed E-state index contributed by atoms with van der Waals surface area (Å²) >= 11 is 0. The van der Waals surface area contributed by atoms with E-state index in [1.165, 1.54) is 12.1 Å². The fraction of sp³-hybridized carbons (Fsp3) is 0.375. The van der Waals surface area contributed by atoms with E-state index in [4.69, 9.17) is 9.47 Å². The second kappa shape index (κ2) is 5.07. The van der Waals surface area contributed by atoms with Crippen molar-refractivity contribution < 1.29 is 32.2 Å². The molecule has 1 aromatic rings. The van der Waals surface area contributed by atoms with Gasteiger partial charge in [-0.3, -0.25) is 14.5 Å². The van der Waals surface area contributed by atoms with Crippen LogP contribution >= 0.6 is 0 Å². The summed E-state index contributed by atoms with van der Waals surface area (Å²) in [5.41, 5.74) is 0.401. The average Bonchev–Trinajstić information content (AvgIpc) is 3.10. The van der Waals surface area contributed by atoms with Crippen LogP contribution in [0.15, 0.2) is 36.1 Å². The largest absolute Gasteiger partial charge is 0.460 e. The average molecular weight is 339 g/mol. The highest BCUT2D eigenvalue weighted by molar-refractivity contribution is 6.21. The van der Waals surface area contributed by atoms with Gasteiger partial charge in [0.25, 0.3) is 11.8 Å². The first-order chi connectivity index (χ1) is 11.4. The van der Waals surface area contributed by atoms with Gasteiger partial charge in [0.1, 0.15) is 0 Å². The minimum absolute atomic E-state index is 0.200. The Labute approximate surface area is 134 Å². The molecule has 0 N–H and O–H groups in total. The van der Waals surface area contributed by atoms with Crippen LogP contribution in [0.25, 0.3) is 0 Å². The van der Waals surface area contributed by atoms with Crippen molar-refractivity contribution in [3.8, 4) is 0 Å². The number of carbonyl (C=O) groups excluding carboxylic acids is 2. The lowest BCUT2D eigenvalue weighted by Crippen LogP contribution is -2.49. The summed E-state index contributed by atoms with van der Waals surface area (Å²) in [6.45, 7) is 0.216. The van der Waals surface area contributed by atoms with Crippen LogP contribution in [0.4, 0.5) is 13.2 Å². The van der Waals surface area contributed by atoms with E-state index in [-0.39, 0.29) is 17.7 Å². The second-order valence-corrected chi connectivity index (χ2v) is 5.85. The normalized spacial score (nSPS) is 29.2. The Morgan fingerprint density at radius 1 is 1.08 bits per heavy atom. The van der Waals surface area contributed by atoms with E-state index in [1.807, 2.05) is 0 Å². The number of imide groups is 1. The van der Waals surface area contributed by atoms with Gasteiger partial charge >= 0.3 is 6.18 Å². The van der Waals surface area contributed by atoms with Crippen LogP contribution in [0.1, 0.15) is 27.1 Å². The van der Waals surface area contributed by atoms with Gasteiger partial charge in [-0.1, -0.05) is 12.1 Å². The van der Waals surface area contributed by atoms with Gasteiger partial charge < -0.3 is 9.47 Å². The van der Waals surface area contributed by atoms with Gasteiger partial charge in [0.15, 0.2) is 0 Å². The van der Waals surface area contributed by atoms with Crippen LogP contribution in [-0.2, 0) is 9.47 Å². The predicted octanol–water partition coefficient (Wildman–Crippen LogP) is 2.49. The molecule has 0 aliphatic carbocycles. The fourth-order valence-electron chi connectivity index (χ4n) is 3.38. The molecule has 3 atom stereocenters. The standard InChI is InChI=1S/C16H12F3NO4/c17-16(18,19)12-7-11(10-5-6-23-15(10)24-12)20-13(21)8-3-1-2-4-9(8)14(20)22/h1-4,7,10-11,15H,5-6H2/t10-,11-,15+/m0/s1. The van der Waals surface area contributed by atoms with Gasteiger partial charge in [0.2, 0.25) is 12.0 Å². The van der Waals surface area contributed by atoms with Gasteiger partial charge in [-0.15, -0.1) is 0 Å². The third kappa shape index (κ3) is 2.13. The Morgan fingerprint density at radius 3 is 2.29 bits per heavy atom. The quantitative estimate of drug-likeness (QED) is 0.738. The summed E-state index contributed by atoms with van der Waals surface area (Å²) in [7, 11) is 0. The highest BCUT2D eigenvalue weighted by atomic mass is 19.4. The molecule has 0 bridgehead atoms. The summed E-state index contributed by atoms with van der Waals surface area (Å²) in [5, 5.41) is 0. The number of rotatable bonds is 1. The van der Waals surface area contributed by atoms with Gasteiger partial charge in [0.05, 0.1) is 23.8 Å². The molecule has 0 spiro atoms. The van der Waals surface area contributed by atoms with Gasteiger partial charge in [0, 0.05) is 5.92 Å². The molecule has 5 nitrogen and oxygen atoms in total. The van der Waals surface area contributed by atoms with E-state index in [0.29, 0.717) is 6.42 Å². The topological polar surface area (TPSA) is 55.8 Å². The van der Waals surface area contributed by atoms with Crippen molar-refractivity contribution in [2.24, 2.45) is 5.92 Å². The molecule has 24 heavy (non-hydrogen) atoms. The molecule has 0 saturated carbocycles. The van der Waals surface area contributed by atoms with Crippen molar-refractivity contribution in [2.75, 3.05) is 6.61 Å². The number of allylic oxidation sites excluding steroid dienone is 1. The van der Waals surface area contributed by atoms with E-state index in [2.05, 4.69) is 0 Å². The molecule has 3 heterocycles. The first kappa shape index (κ1) is 15.2. The maximum Gasteiger partial charge on any atom is 0.448 e. The molecule has 1 aromatic carbocycles. The highest BCUT2D eigenvalue weighted by Crippen LogP contribution is 2.41. The number of carbonyl (C=O) groups is 2. The smallest absolute Gasteiger partial charge is 0.448 e. The Morgan fingerprint density at radius 2 is 1.71 bits per heavy atom. The summed E-state index contributed by atoms with van der Waals surface area (Å²) in [6.07, 6.45) is -4.60. The van der Waals surface area contributed by atoms with Gasteiger partial charge in [-0.25, -0.2) is 0 Å². The van der Waals surface area contributed by atoms with Crippen molar-refractivity contribution in [2.45, 2.75) is 24.9 Å². The lowest BCUT2D eigenvalue weighted by molar-refractivity contribution is -0.192. The lowest BCUT2D eigenvalue weighted by atomic mass is 9.93. The number of benzene rings is 1. The maximum atomic E-state index is 13.1. The second-order valence-electron chi connectivity index (χ2n) is 5.85. The first-order valence-corrected chi connectivity index (χ1v) is 7.42. The third-order valence-electron chi connectivity index (χ3n) is 4.49. The fourth-order valence-corrected chi connectivity index (χ4v) is 3.38. The molecule has 0 unspecified atom stereocenters.